The quantitative estimate of drug-likeness (QED) is 0.103. The van der Waals surface area contributed by atoms with E-state index in [9.17, 15) is 9.59 Å². The number of ether oxygens (including phenoxy) is 1. The van der Waals surface area contributed by atoms with Crippen LogP contribution in [0.4, 0.5) is 0 Å². The number of nitrogens with two attached hydrogens (primary N) is 2. The second-order valence-corrected chi connectivity index (χ2v) is 5.63. The van der Waals surface area contributed by atoms with Gasteiger partial charge in [0, 0.05) is 6.54 Å². The van der Waals surface area contributed by atoms with Crippen molar-refractivity contribution in [3.8, 4) is 5.75 Å². The van der Waals surface area contributed by atoms with E-state index in [1.165, 1.54) is 0 Å². The van der Waals surface area contributed by atoms with Gasteiger partial charge < -0.3 is 31.9 Å². The summed E-state index contributed by atoms with van der Waals surface area (Å²) in [5, 5.41) is 14.4. The molecule has 0 atom stereocenters. The fraction of sp³-hybridized carbons (Fsp3) is 0.471. The molecule has 1 aromatic carbocycles. The minimum atomic E-state index is -0.880. The molecule has 0 amide bonds. The van der Waals surface area contributed by atoms with Crippen LogP contribution in [0.25, 0.3) is 0 Å². The second kappa shape index (κ2) is 12.7. The van der Waals surface area contributed by atoms with Crippen molar-refractivity contribution in [2.24, 2.45) is 16.5 Å². The Kier molecular flexibility index (Phi) is 10.4. The van der Waals surface area contributed by atoms with E-state index < -0.39 is 5.97 Å². The lowest BCUT2D eigenvalue weighted by atomic mass is 10.1. The highest BCUT2D eigenvalue weighted by atomic mass is 16.5. The number of aliphatic imine (C=N–C) groups is 1. The SMILES string of the molecule is NC(N)=NCCCCNCC(=O)Oc1ccc(CCNCC(=O)O)cc1. The number of nitrogens with one attached hydrogen (secondary N) is 2. The first kappa shape index (κ1) is 21.4. The van der Waals surface area contributed by atoms with Gasteiger partial charge in [-0.2, -0.15) is 0 Å². The van der Waals surface area contributed by atoms with E-state index in [4.69, 9.17) is 21.3 Å². The number of rotatable bonds is 13. The van der Waals surface area contributed by atoms with Gasteiger partial charge in [0.25, 0.3) is 0 Å². The molecule has 9 nitrogen and oxygen atoms in total. The molecule has 0 fully saturated rings. The zero-order valence-electron chi connectivity index (χ0n) is 14.7. The number of carboxylic acid groups (broad SMARTS) is 1. The van der Waals surface area contributed by atoms with Crippen molar-refractivity contribution in [3.63, 3.8) is 0 Å². The Balaban J connectivity index is 2.16. The van der Waals surface area contributed by atoms with E-state index in [2.05, 4.69) is 15.6 Å². The third kappa shape index (κ3) is 11.0. The van der Waals surface area contributed by atoms with E-state index in [-0.39, 0.29) is 25.0 Å². The summed E-state index contributed by atoms with van der Waals surface area (Å²) in [7, 11) is 0. The van der Waals surface area contributed by atoms with Crippen LogP contribution in [-0.4, -0.2) is 55.7 Å². The van der Waals surface area contributed by atoms with Crippen molar-refractivity contribution in [2.45, 2.75) is 19.3 Å². The van der Waals surface area contributed by atoms with Gasteiger partial charge in [-0.25, -0.2) is 0 Å². The zero-order valence-corrected chi connectivity index (χ0v) is 14.7. The van der Waals surface area contributed by atoms with E-state index in [0.29, 0.717) is 31.8 Å². The number of unbranched alkanes of at least 4 members (excludes halogenated alkanes) is 1. The van der Waals surface area contributed by atoms with E-state index >= 15 is 0 Å². The largest absolute Gasteiger partial charge is 0.480 e. The summed E-state index contributed by atoms with van der Waals surface area (Å²) in [5.41, 5.74) is 11.5. The molecule has 1 rings (SSSR count). The number of guanidine groups is 1. The van der Waals surface area contributed by atoms with Crippen LogP contribution in [0.1, 0.15) is 18.4 Å². The van der Waals surface area contributed by atoms with Gasteiger partial charge in [0.2, 0.25) is 0 Å². The van der Waals surface area contributed by atoms with Crippen molar-refractivity contribution in [3.05, 3.63) is 29.8 Å². The first-order chi connectivity index (χ1) is 12.5. The summed E-state index contributed by atoms with van der Waals surface area (Å²) in [6.07, 6.45) is 2.39. The average molecular weight is 365 g/mol. The third-order valence-corrected chi connectivity index (χ3v) is 3.35. The highest BCUT2D eigenvalue weighted by molar-refractivity contribution is 5.75. The predicted octanol–water partition coefficient (Wildman–Crippen LogP) is -0.548. The Morgan fingerprint density at radius 1 is 1.04 bits per heavy atom. The highest BCUT2D eigenvalue weighted by Gasteiger charge is 2.04. The second-order valence-electron chi connectivity index (χ2n) is 5.63. The molecule has 26 heavy (non-hydrogen) atoms. The van der Waals surface area contributed by atoms with Crippen molar-refractivity contribution < 1.29 is 19.4 Å². The summed E-state index contributed by atoms with van der Waals surface area (Å²) in [4.78, 5) is 26.0. The number of carbonyl (C=O) groups excluding carboxylic acids is 1. The average Bonchev–Trinajstić information content (AvgIpc) is 2.59. The summed E-state index contributed by atoms with van der Waals surface area (Å²) >= 11 is 0. The molecule has 0 saturated heterocycles. The molecule has 0 aromatic heterocycles. The molecular weight excluding hydrogens is 338 g/mol. The van der Waals surface area contributed by atoms with E-state index in [1.807, 2.05) is 12.1 Å². The molecule has 0 aliphatic heterocycles. The molecule has 7 N–H and O–H groups in total. The molecule has 1 aromatic rings. The molecule has 0 bridgehead atoms. The fourth-order valence-electron chi connectivity index (χ4n) is 2.08. The number of carboxylic acids is 1. The lowest BCUT2D eigenvalue weighted by Crippen LogP contribution is -2.27. The molecular formula is C17H27N5O4. The fourth-order valence-corrected chi connectivity index (χ4v) is 2.08. The lowest BCUT2D eigenvalue weighted by molar-refractivity contribution is -0.136. The number of hydrogen-bond acceptors (Lipinski definition) is 6. The van der Waals surface area contributed by atoms with Gasteiger partial charge >= 0.3 is 11.9 Å². The Morgan fingerprint density at radius 2 is 1.73 bits per heavy atom. The van der Waals surface area contributed by atoms with Gasteiger partial charge in [-0.15, -0.1) is 0 Å². The van der Waals surface area contributed by atoms with Crippen LogP contribution in [0.15, 0.2) is 29.3 Å². The van der Waals surface area contributed by atoms with Crippen molar-refractivity contribution in [1.29, 1.82) is 0 Å². The van der Waals surface area contributed by atoms with E-state index in [0.717, 1.165) is 18.4 Å². The lowest BCUT2D eigenvalue weighted by Gasteiger charge is -2.07. The van der Waals surface area contributed by atoms with Crippen LogP contribution in [0.2, 0.25) is 0 Å². The van der Waals surface area contributed by atoms with Gasteiger partial charge in [-0.05, 0) is 50.0 Å². The van der Waals surface area contributed by atoms with Crippen LogP contribution in [0.3, 0.4) is 0 Å². The summed E-state index contributed by atoms with van der Waals surface area (Å²) in [6.45, 7) is 1.89. The normalized spacial score (nSPS) is 10.3. The Hall–Kier alpha value is -2.65. The maximum atomic E-state index is 11.7. The molecule has 9 heteroatoms. The number of benzene rings is 1. The molecule has 0 aliphatic rings. The highest BCUT2D eigenvalue weighted by Crippen LogP contribution is 2.12. The topological polar surface area (TPSA) is 152 Å². The number of carbonyl (C=O) groups is 2. The van der Waals surface area contributed by atoms with Crippen LogP contribution in [0.5, 0.6) is 5.75 Å². The summed E-state index contributed by atoms with van der Waals surface area (Å²) < 4.78 is 5.24. The maximum absolute atomic E-state index is 11.7. The summed E-state index contributed by atoms with van der Waals surface area (Å²) in [6, 6.07) is 7.14. The molecule has 0 spiro atoms. The van der Waals surface area contributed by atoms with Gasteiger partial charge in [0.1, 0.15) is 5.75 Å². The third-order valence-electron chi connectivity index (χ3n) is 3.35. The molecule has 0 aliphatic carbocycles. The minimum Gasteiger partial charge on any atom is -0.480 e. The summed E-state index contributed by atoms with van der Waals surface area (Å²) in [5.74, 6) is -0.671. The van der Waals surface area contributed by atoms with Crippen molar-refractivity contribution >= 4 is 17.9 Å². The molecule has 144 valence electrons. The zero-order chi connectivity index (χ0) is 19.2. The molecule has 0 heterocycles. The Bertz CT molecular complexity index is 585. The smallest absolute Gasteiger partial charge is 0.325 e. The Labute approximate surface area is 152 Å². The first-order valence-corrected chi connectivity index (χ1v) is 8.45. The molecule has 0 radical (unpaired) electrons. The number of aliphatic carboxylic acids is 1. The van der Waals surface area contributed by atoms with Gasteiger partial charge in [-0.1, -0.05) is 12.1 Å². The van der Waals surface area contributed by atoms with Crippen molar-refractivity contribution in [2.75, 3.05) is 32.7 Å². The van der Waals surface area contributed by atoms with Crippen LogP contribution < -0.4 is 26.8 Å². The monoisotopic (exact) mass is 365 g/mol. The predicted molar refractivity (Wildman–Crippen MR) is 99.1 cm³/mol. The first-order valence-electron chi connectivity index (χ1n) is 8.45. The number of esters is 1. The maximum Gasteiger partial charge on any atom is 0.325 e. The van der Waals surface area contributed by atoms with Gasteiger partial charge in [0.05, 0.1) is 13.1 Å². The van der Waals surface area contributed by atoms with E-state index in [1.54, 1.807) is 12.1 Å². The number of hydrogen-bond donors (Lipinski definition) is 5. The van der Waals surface area contributed by atoms with Crippen LogP contribution >= 0.6 is 0 Å². The molecule has 0 unspecified atom stereocenters. The Morgan fingerprint density at radius 3 is 2.38 bits per heavy atom. The number of nitrogens with zero attached hydrogens (tertiary/aromatic N) is 1. The minimum absolute atomic E-state index is 0.0585. The standard InChI is InChI=1S/C17H27N5O4/c18-17(19)22-9-2-1-8-20-12-16(25)26-14-5-3-13(4-6-14)7-10-21-11-15(23)24/h3-6,20-21H,1-2,7-12H2,(H,23,24)(H4,18,19,22). The van der Waals surface area contributed by atoms with Crippen LogP contribution in [-0.2, 0) is 16.0 Å². The van der Waals surface area contributed by atoms with Crippen molar-refractivity contribution in [1.82, 2.24) is 10.6 Å². The molecule has 0 saturated carbocycles. The van der Waals surface area contributed by atoms with Gasteiger partial charge in [0.15, 0.2) is 5.96 Å². The van der Waals surface area contributed by atoms with Crippen LogP contribution in [0, 0.1) is 0 Å². The van der Waals surface area contributed by atoms with Gasteiger partial charge in [-0.3, -0.25) is 14.6 Å².